The van der Waals surface area contributed by atoms with Gasteiger partial charge in [0, 0.05) is 31.2 Å². The lowest BCUT2D eigenvalue weighted by Gasteiger charge is -2.51. The largest absolute Gasteiger partial charge is 0.311 e. The van der Waals surface area contributed by atoms with Crippen LogP contribution in [0.5, 0.6) is 0 Å². The Hall–Kier alpha value is -0.0800. The molecule has 106 valence electrons. The summed E-state index contributed by atoms with van der Waals surface area (Å²) in [5, 5.41) is 3.81. The predicted octanol–water partition coefficient (Wildman–Crippen LogP) is 3.42. The Labute approximate surface area is 114 Å². The standard InChI is InChI=1S/C16H32N2/c1-4-8-15-12-18(11-14-9-7-10-14)16(5-2,6-3)13-17-15/h14-15,17H,4-13H2,1-3H3. The molecule has 0 aromatic carbocycles. The summed E-state index contributed by atoms with van der Waals surface area (Å²) >= 11 is 0. The van der Waals surface area contributed by atoms with Gasteiger partial charge in [-0.2, -0.15) is 0 Å². The van der Waals surface area contributed by atoms with Crippen molar-refractivity contribution in [2.75, 3.05) is 19.6 Å². The number of nitrogens with one attached hydrogen (secondary N) is 1. The van der Waals surface area contributed by atoms with Crippen molar-refractivity contribution in [2.45, 2.75) is 77.3 Å². The molecule has 2 aliphatic rings. The Bertz CT molecular complexity index is 243. The van der Waals surface area contributed by atoms with Crippen LogP contribution in [0.25, 0.3) is 0 Å². The highest BCUT2D eigenvalue weighted by atomic mass is 15.3. The summed E-state index contributed by atoms with van der Waals surface area (Å²) in [5.74, 6) is 1.00. The van der Waals surface area contributed by atoms with Crippen molar-refractivity contribution >= 4 is 0 Å². The minimum atomic E-state index is 0.444. The Morgan fingerprint density at radius 1 is 1.17 bits per heavy atom. The van der Waals surface area contributed by atoms with Crippen LogP contribution in [-0.4, -0.2) is 36.1 Å². The van der Waals surface area contributed by atoms with Crippen LogP contribution >= 0.6 is 0 Å². The van der Waals surface area contributed by atoms with Crippen molar-refractivity contribution in [1.82, 2.24) is 10.2 Å². The summed E-state index contributed by atoms with van der Waals surface area (Å²) in [6.07, 6.45) is 9.66. The summed E-state index contributed by atoms with van der Waals surface area (Å²) in [4.78, 5) is 2.85. The zero-order valence-electron chi connectivity index (χ0n) is 12.7. The molecule has 0 aromatic rings. The zero-order chi connectivity index (χ0) is 13.0. The molecule has 0 spiro atoms. The minimum absolute atomic E-state index is 0.444. The number of hydrogen-bond acceptors (Lipinski definition) is 2. The smallest absolute Gasteiger partial charge is 0.0329 e. The Balaban J connectivity index is 1.99. The molecule has 2 nitrogen and oxygen atoms in total. The Morgan fingerprint density at radius 3 is 2.39 bits per heavy atom. The van der Waals surface area contributed by atoms with E-state index in [-0.39, 0.29) is 0 Å². The van der Waals surface area contributed by atoms with Crippen molar-refractivity contribution in [1.29, 1.82) is 0 Å². The molecule has 0 amide bonds. The normalized spacial score (nSPS) is 29.2. The lowest BCUT2D eigenvalue weighted by atomic mass is 9.81. The molecule has 18 heavy (non-hydrogen) atoms. The highest BCUT2D eigenvalue weighted by Gasteiger charge is 2.39. The van der Waals surface area contributed by atoms with Gasteiger partial charge in [0.25, 0.3) is 0 Å². The molecule has 2 rings (SSSR count). The fraction of sp³-hybridized carbons (Fsp3) is 1.00. The highest BCUT2D eigenvalue weighted by Crippen LogP contribution is 2.33. The molecule has 2 fully saturated rings. The van der Waals surface area contributed by atoms with Crippen molar-refractivity contribution in [2.24, 2.45) is 5.92 Å². The fourth-order valence-electron chi connectivity index (χ4n) is 3.71. The first-order valence-corrected chi connectivity index (χ1v) is 8.22. The van der Waals surface area contributed by atoms with Gasteiger partial charge >= 0.3 is 0 Å². The molecule has 1 atom stereocenters. The molecule has 1 saturated carbocycles. The first kappa shape index (κ1) is 14.3. The van der Waals surface area contributed by atoms with E-state index in [9.17, 15) is 0 Å². The van der Waals surface area contributed by atoms with Gasteiger partial charge in [0.05, 0.1) is 0 Å². The maximum absolute atomic E-state index is 3.81. The van der Waals surface area contributed by atoms with E-state index in [1.807, 2.05) is 0 Å². The average molecular weight is 252 g/mol. The molecule has 0 aromatic heterocycles. The molecule has 1 aliphatic carbocycles. The van der Waals surface area contributed by atoms with Gasteiger partial charge in [0.2, 0.25) is 0 Å². The number of nitrogens with zero attached hydrogens (tertiary/aromatic N) is 1. The van der Waals surface area contributed by atoms with Crippen molar-refractivity contribution in [3.8, 4) is 0 Å². The number of hydrogen-bond donors (Lipinski definition) is 1. The van der Waals surface area contributed by atoms with Gasteiger partial charge in [-0.3, -0.25) is 4.90 Å². The molecule has 2 heteroatoms. The maximum Gasteiger partial charge on any atom is 0.0329 e. The second-order valence-corrected chi connectivity index (χ2v) is 6.50. The van der Waals surface area contributed by atoms with E-state index in [1.54, 1.807) is 0 Å². The molecule has 1 aliphatic heterocycles. The van der Waals surface area contributed by atoms with E-state index in [0.29, 0.717) is 5.54 Å². The SMILES string of the molecule is CCCC1CN(CC2CCC2)C(CC)(CC)CN1. The minimum Gasteiger partial charge on any atom is -0.311 e. The third kappa shape index (κ3) is 2.91. The summed E-state index contributed by atoms with van der Waals surface area (Å²) in [5.41, 5.74) is 0.444. The van der Waals surface area contributed by atoms with Gasteiger partial charge in [-0.1, -0.05) is 33.6 Å². The van der Waals surface area contributed by atoms with Gasteiger partial charge in [-0.05, 0) is 38.0 Å². The third-order valence-corrected chi connectivity index (χ3v) is 5.49. The van der Waals surface area contributed by atoms with Gasteiger partial charge in [0.15, 0.2) is 0 Å². The lowest BCUT2D eigenvalue weighted by molar-refractivity contribution is 0.00670. The van der Waals surface area contributed by atoms with E-state index in [2.05, 4.69) is 31.0 Å². The van der Waals surface area contributed by atoms with Crippen molar-refractivity contribution in [3.63, 3.8) is 0 Å². The molecule has 1 heterocycles. The van der Waals surface area contributed by atoms with Gasteiger partial charge in [-0.15, -0.1) is 0 Å². The molecule has 0 bridgehead atoms. The lowest BCUT2D eigenvalue weighted by Crippen LogP contribution is -2.65. The van der Waals surface area contributed by atoms with E-state index >= 15 is 0 Å². The molecule has 0 radical (unpaired) electrons. The average Bonchev–Trinajstić information content (AvgIpc) is 2.35. The predicted molar refractivity (Wildman–Crippen MR) is 78.9 cm³/mol. The van der Waals surface area contributed by atoms with Crippen LogP contribution < -0.4 is 5.32 Å². The first-order chi connectivity index (χ1) is 8.74. The fourth-order valence-corrected chi connectivity index (χ4v) is 3.71. The van der Waals surface area contributed by atoms with Crippen LogP contribution in [0.1, 0.15) is 65.7 Å². The van der Waals surface area contributed by atoms with Gasteiger partial charge in [0.1, 0.15) is 0 Å². The van der Waals surface area contributed by atoms with Gasteiger partial charge < -0.3 is 5.32 Å². The Morgan fingerprint density at radius 2 is 1.89 bits per heavy atom. The van der Waals surface area contributed by atoms with Crippen LogP contribution in [0.4, 0.5) is 0 Å². The molecule has 1 N–H and O–H groups in total. The van der Waals surface area contributed by atoms with Crippen molar-refractivity contribution < 1.29 is 0 Å². The monoisotopic (exact) mass is 252 g/mol. The summed E-state index contributed by atoms with van der Waals surface area (Å²) in [6.45, 7) is 10.9. The zero-order valence-corrected chi connectivity index (χ0v) is 12.7. The van der Waals surface area contributed by atoms with E-state index in [4.69, 9.17) is 0 Å². The van der Waals surface area contributed by atoms with Crippen LogP contribution in [0, 0.1) is 5.92 Å². The van der Waals surface area contributed by atoms with Crippen LogP contribution in [0.3, 0.4) is 0 Å². The third-order valence-electron chi connectivity index (χ3n) is 5.49. The van der Waals surface area contributed by atoms with Crippen molar-refractivity contribution in [3.05, 3.63) is 0 Å². The van der Waals surface area contributed by atoms with Crippen LogP contribution in [-0.2, 0) is 0 Å². The van der Waals surface area contributed by atoms with E-state index < -0.39 is 0 Å². The summed E-state index contributed by atoms with van der Waals surface area (Å²) < 4.78 is 0. The van der Waals surface area contributed by atoms with Crippen LogP contribution in [0.2, 0.25) is 0 Å². The topological polar surface area (TPSA) is 15.3 Å². The second kappa shape index (κ2) is 6.38. The Kier molecular flexibility index (Phi) is 5.08. The molecule has 1 saturated heterocycles. The first-order valence-electron chi connectivity index (χ1n) is 8.22. The molecular formula is C16H32N2. The number of piperazine rings is 1. The second-order valence-electron chi connectivity index (χ2n) is 6.50. The molecular weight excluding hydrogens is 220 g/mol. The van der Waals surface area contributed by atoms with E-state index in [1.165, 1.54) is 64.6 Å². The highest BCUT2D eigenvalue weighted by molar-refractivity contribution is 4.98. The summed E-state index contributed by atoms with van der Waals surface area (Å²) in [7, 11) is 0. The van der Waals surface area contributed by atoms with Crippen LogP contribution in [0.15, 0.2) is 0 Å². The summed E-state index contributed by atoms with van der Waals surface area (Å²) in [6, 6.07) is 0.737. The quantitative estimate of drug-likeness (QED) is 0.779. The maximum atomic E-state index is 3.81. The molecule has 1 unspecified atom stereocenters. The van der Waals surface area contributed by atoms with Gasteiger partial charge in [-0.25, -0.2) is 0 Å². The van der Waals surface area contributed by atoms with E-state index in [0.717, 1.165) is 12.0 Å². The number of rotatable bonds is 6.